The predicted octanol–water partition coefficient (Wildman–Crippen LogP) is 0.214. The number of carbonyl (C=O) groups excluding carboxylic acids is 1. The average Bonchev–Trinajstić information content (AvgIpc) is 3.57. The number of hydrogen-bond donors (Lipinski definition) is 1. The van der Waals surface area contributed by atoms with E-state index in [1.807, 2.05) is 46.0 Å². The average molecular weight is 652 g/mol. The molecule has 1 amide bonds. The number of anilines is 1. The Bertz CT molecular complexity index is 1420. The van der Waals surface area contributed by atoms with E-state index in [9.17, 15) is 4.79 Å². The van der Waals surface area contributed by atoms with Crippen LogP contribution in [-0.2, 0) is 37.0 Å². The summed E-state index contributed by atoms with van der Waals surface area (Å²) in [6.07, 6.45) is 4.98. The van der Waals surface area contributed by atoms with Crippen molar-refractivity contribution in [2.45, 2.75) is 25.4 Å². The number of ether oxygens (including phenoxy) is 3. The van der Waals surface area contributed by atoms with E-state index < -0.39 is 16.2 Å². The second-order valence-corrected chi connectivity index (χ2v) is 11.1. The molecule has 222 valence electrons. The van der Waals surface area contributed by atoms with Gasteiger partial charge in [-0.1, -0.05) is 29.3 Å². The molecule has 42 heavy (non-hydrogen) atoms. The summed E-state index contributed by atoms with van der Waals surface area (Å²) >= 11 is 12.7. The van der Waals surface area contributed by atoms with Crippen LogP contribution in [0.4, 0.5) is 5.69 Å². The standard InChI is InChI=1S/C26H28Cl2N4O4.Na.H2O4S/c1-19(33)31-10-12-32(13-11-31)21-3-5-22(6-4-21)34-15-23-16-35-26(36-23,17-30-9-8-29-18-30)24-7-2-20(27)14-25(24)28;;1-5(2,3)4/h2-9,14,18,23H,10-13,15-17H2,1H3;;(H2,1,2,3,4)/q;+1;/p-1/t23-,26-;;/m0../s1. The first-order valence-corrected chi connectivity index (χ1v) is 14.7. The van der Waals surface area contributed by atoms with Crippen molar-refractivity contribution in [3.8, 4) is 5.75 Å². The third-order valence-corrected chi connectivity index (χ3v) is 7.06. The van der Waals surface area contributed by atoms with Crippen LogP contribution >= 0.6 is 23.2 Å². The van der Waals surface area contributed by atoms with Crippen LogP contribution in [0.5, 0.6) is 5.75 Å². The van der Waals surface area contributed by atoms with Crippen molar-refractivity contribution in [1.29, 1.82) is 0 Å². The molecule has 0 saturated carbocycles. The van der Waals surface area contributed by atoms with E-state index in [2.05, 4.69) is 9.88 Å². The van der Waals surface area contributed by atoms with Crippen molar-refractivity contribution in [2.75, 3.05) is 44.3 Å². The maximum absolute atomic E-state index is 11.6. The van der Waals surface area contributed by atoms with Gasteiger partial charge in [0.2, 0.25) is 22.1 Å². The maximum atomic E-state index is 11.6. The largest absolute Gasteiger partial charge is 1.00 e. The van der Waals surface area contributed by atoms with E-state index in [-0.39, 0.29) is 41.6 Å². The van der Waals surface area contributed by atoms with Gasteiger partial charge in [-0.2, -0.15) is 0 Å². The molecule has 1 N–H and O–H groups in total. The zero-order chi connectivity index (χ0) is 29.6. The van der Waals surface area contributed by atoms with Crippen LogP contribution in [0.1, 0.15) is 12.5 Å². The number of aromatic nitrogens is 2. The zero-order valence-electron chi connectivity index (χ0n) is 23.1. The van der Waals surface area contributed by atoms with Crippen LogP contribution in [0.15, 0.2) is 61.2 Å². The molecule has 2 aliphatic heterocycles. The summed E-state index contributed by atoms with van der Waals surface area (Å²) in [4.78, 5) is 19.8. The van der Waals surface area contributed by atoms with E-state index in [4.69, 9.17) is 54.9 Å². The Morgan fingerprint density at radius 2 is 1.83 bits per heavy atom. The molecule has 2 atom stereocenters. The molecular weight excluding hydrogens is 622 g/mol. The fourth-order valence-electron chi connectivity index (χ4n) is 4.60. The Morgan fingerprint density at radius 1 is 1.17 bits per heavy atom. The Morgan fingerprint density at radius 3 is 2.40 bits per heavy atom. The van der Waals surface area contributed by atoms with Gasteiger partial charge in [0.05, 0.1) is 24.5 Å². The molecule has 16 heteroatoms. The molecule has 0 bridgehead atoms. The number of nitrogens with zero attached hydrogens (tertiary/aromatic N) is 4. The summed E-state index contributed by atoms with van der Waals surface area (Å²) in [5.74, 6) is -0.201. The fourth-order valence-corrected chi connectivity index (χ4v) is 5.15. The summed E-state index contributed by atoms with van der Waals surface area (Å²) in [5.41, 5.74) is 1.82. The maximum Gasteiger partial charge on any atom is 1.00 e. The Hall–Kier alpha value is -1.91. The van der Waals surface area contributed by atoms with Gasteiger partial charge >= 0.3 is 29.6 Å². The molecule has 0 unspecified atom stereocenters. The molecule has 0 radical (unpaired) electrons. The van der Waals surface area contributed by atoms with Crippen molar-refractivity contribution in [3.63, 3.8) is 0 Å². The van der Waals surface area contributed by atoms with Crippen LogP contribution in [0.2, 0.25) is 10.0 Å². The molecule has 0 aliphatic carbocycles. The monoisotopic (exact) mass is 650 g/mol. The summed E-state index contributed by atoms with van der Waals surface area (Å²) in [7, 11) is -4.92. The molecule has 2 aromatic carbocycles. The molecular formula is C26H29Cl2N4NaO8S. The minimum atomic E-state index is -4.92. The molecule has 3 aromatic rings. The molecule has 5 rings (SSSR count). The minimum Gasteiger partial charge on any atom is -0.726 e. The van der Waals surface area contributed by atoms with Crippen molar-refractivity contribution >= 4 is 45.2 Å². The van der Waals surface area contributed by atoms with Crippen LogP contribution in [0.3, 0.4) is 0 Å². The number of imidazole rings is 1. The zero-order valence-corrected chi connectivity index (χ0v) is 27.4. The number of amides is 1. The van der Waals surface area contributed by atoms with Gasteiger partial charge in [0.25, 0.3) is 0 Å². The SMILES string of the molecule is CC(=O)N1CCN(c2ccc(OC[C@H]3CO[C@](Cn4ccnc4)(c4ccc(Cl)cc4Cl)O3)cc2)CC1.O=S(=O)([O-])O.[Na+]. The predicted molar refractivity (Wildman–Crippen MR) is 150 cm³/mol. The first-order valence-electron chi connectivity index (χ1n) is 12.6. The van der Waals surface area contributed by atoms with Crippen LogP contribution < -0.4 is 39.2 Å². The summed E-state index contributed by atoms with van der Waals surface area (Å²) in [6.45, 7) is 5.80. The topological polar surface area (TPSA) is 146 Å². The Kier molecular flexibility index (Phi) is 12.5. The number of rotatable bonds is 7. The first-order chi connectivity index (χ1) is 19.4. The number of hydrogen-bond acceptors (Lipinski definition) is 9. The van der Waals surface area contributed by atoms with Gasteiger partial charge < -0.3 is 33.1 Å². The third kappa shape index (κ3) is 9.81. The number of carbonyl (C=O) groups is 1. The van der Waals surface area contributed by atoms with E-state index in [1.54, 1.807) is 31.6 Å². The van der Waals surface area contributed by atoms with Crippen LogP contribution in [-0.4, -0.2) is 83.4 Å². The smallest absolute Gasteiger partial charge is 0.726 e. The van der Waals surface area contributed by atoms with Gasteiger partial charge in [-0.3, -0.25) is 9.35 Å². The second-order valence-electron chi connectivity index (χ2n) is 9.39. The molecule has 12 nitrogen and oxygen atoms in total. The normalized spacial score (nSPS) is 20.4. The summed E-state index contributed by atoms with van der Waals surface area (Å²) < 4.78 is 53.4. The van der Waals surface area contributed by atoms with Crippen molar-refractivity contribution < 1.29 is 66.1 Å². The summed E-state index contributed by atoms with van der Waals surface area (Å²) in [5, 5.41) is 1.02. The van der Waals surface area contributed by atoms with E-state index in [0.29, 0.717) is 35.4 Å². The molecule has 3 heterocycles. The number of halogens is 2. The first kappa shape index (κ1) is 34.6. The van der Waals surface area contributed by atoms with Crippen molar-refractivity contribution in [2.24, 2.45) is 0 Å². The molecule has 1 aromatic heterocycles. The van der Waals surface area contributed by atoms with Gasteiger partial charge in [-0.15, -0.1) is 0 Å². The molecule has 2 saturated heterocycles. The van der Waals surface area contributed by atoms with Crippen molar-refractivity contribution in [3.05, 3.63) is 76.8 Å². The molecule has 2 fully saturated rings. The Labute approximate surface area is 276 Å². The number of benzene rings is 2. The van der Waals surface area contributed by atoms with E-state index in [1.165, 1.54) is 0 Å². The molecule has 0 spiro atoms. The second kappa shape index (κ2) is 15.2. The quantitative estimate of drug-likeness (QED) is 0.214. The van der Waals surface area contributed by atoms with Gasteiger partial charge in [-0.05, 0) is 36.4 Å². The van der Waals surface area contributed by atoms with Gasteiger partial charge in [-0.25, -0.2) is 13.4 Å². The van der Waals surface area contributed by atoms with Gasteiger partial charge in [0, 0.05) is 61.8 Å². The van der Waals surface area contributed by atoms with Crippen molar-refractivity contribution in [1.82, 2.24) is 14.5 Å². The van der Waals surface area contributed by atoms with Gasteiger partial charge in [0.1, 0.15) is 18.5 Å². The number of piperazine rings is 1. The van der Waals surface area contributed by atoms with E-state index >= 15 is 0 Å². The fraction of sp³-hybridized carbons (Fsp3) is 0.385. The molecule has 2 aliphatic rings. The minimum absolute atomic E-state index is 0. The third-order valence-electron chi connectivity index (χ3n) is 6.51. The Balaban J connectivity index is 0.000000745. The van der Waals surface area contributed by atoms with Crippen LogP contribution in [0.25, 0.3) is 0 Å². The van der Waals surface area contributed by atoms with Crippen LogP contribution in [0, 0.1) is 0 Å². The van der Waals surface area contributed by atoms with E-state index in [0.717, 1.165) is 37.6 Å². The van der Waals surface area contributed by atoms with Gasteiger partial charge in [0.15, 0.2) is 0 Å². The summed E-state index contributed by atoms with van der Waals surface area (Å²) in [6, 6.07) is 13.3.